The van der Waals surface area contributed by atoms with Crippen LogP contribution in [0.1, 0.15) is 35.7 Å². The monoisotopic (exact) mass is 396 g/mol. The summed E-state index contributed by atoms with van der Waals surface area (Å²) >= 11 is -0.225. The Morgan fingerprint density at radius 3 is 2.41 bits per heavy atom. The zero-order valence-electron chi connectivity index (χ0n) is 14.6. The first-order chi connectivity index (χ1) is 12.8. The van der Waals surface area contributed by atoms with Gasteiger partial charge in [-0.25, -0.2) is 0 Å². The Hall–Kier alpha value is -2.48. The van der Waals surface area contributed by atoms with Crippen LogP contribution in [0.25, 0.3) is 0 Å². The van der Waals surface area contributed by atoms with E-state index in [2.05, 4.69) is 10.6 Å². The SMILES string of the molecule is CCCC(=O)Nc1cccc(CNC(=O)c2ccc(SC(F)(F)F)cc2)c1. The number of alkyl halides is 3. The van der Waals surface area contributed by atoms with Crippen LogP contribution in [0.4, 0.5) is 18.9 Å². The highest BCUT2D eigenvalue weighted by atomic mass is 32.2. The van der Waals surface area contributed by atoms with Crippen molar-refractivity contribution < 1.29 is 22.8 Å². The van der Waals surface area contributed by atoms with Crippen molar-refractivity contribution in [2.24, 2.45) is 0 Å². The molecule has 0 heterocycles. The van der Waals surface area contributed by atoms with E-state index in [1.54, 1.807) is 24.3 Å². The third-order valence-corrected chi connectivity index (χ3v) is 4.23. The topological polar surface area (TPSA) is 58.2 Å². The zero-order chi connectivity index (χ0) is 19.9. The molecular weight excluding hydrogens is 377 g/mol. The fraction of sp³-hybridized carbons (Fsp3) is 0.263. The Bertz CT molecular complexity index is 792. The maximum Gasteiger partial charge on any atom is 0.446 e. The lowest BCUT2D eigenvalue weighted by molar-refractivity contribution is -0.116. The molecule has 2 aromatic carbocycles. The molecule has 0 saturated carbocycles. The van der Waals surface area contributed by atoms with Gasteiger partial charge in [-0.3, -0.25) is 9.59 Å². The first-order valence-corrected chi connectivity index (χ1v) is 9.11. The van der Waals surface area contributed by atoms with Crippen LogP contribution in [0.3, 0.4) is 0 Å². The van der Waals surface area contributed by atoms with Crippen LogP contribution in [0.2, 0.25) is 0 Å². The predicted octanol–water partition coefficient (Wildman–Crippen LogP) is 4.97. The van der Waals surface area contributed by atoms with Gasteiger partial charge in [-0.15, -0.1) is 0 Å². The van der Waals surface area contributed by atoms with E-state index in [9.17, 15) is 22.8 Å². The number of halogens is 3. The number of hydrogen-bond acceptors (Lipinski definition) is 3. The lowest BCUT2D eigenvalue weighted by Gasteiger charge is -2.09. The molecular formula is C19H19F3N2O2S. The number of carbonyl (C=O) groups excluding carboxylic acids is 2. The molecule has 0 saturated heterocycles. The summed E-state index contributed by atoms with van der Waals surface area (Å²) in [6.45, 7) is 2.15. The molecule has 0 aromatic heterocycles. The molecule has 2 N–H and O–H groups in total. The van der Waals surface area contributed by atoms with Gasteiger partial charge in [-0.05, 0) is 60.1 Å². The second-order valence-corrected chi connectivity index (χ2v) is 6.89. The van der Waals surface area contributed by atoms with Crippen molar-refractivity contribution in [3.63, 3.8) is 0 Å². The zero-order valence-corrected chi connectivity index (χ0v) is 15.4. The summed E-state index contributed by atoms with van der Waals surface area (Å²) in [5.41, 5.74) is -2.65. The van der Waals surface area contributed by atoms with E-state index in [0.717, 1.165) is 12.0 Å². The first kappa shape index (κ1) is 20.8. The predicted molar refractivity (Wildman–Crippen MR) is 99.5 cm³/mol. The molecule has 2 aromatic rings. The Balaban J connectivity index is 1.92. The van der Waals surface area contributed by atoms with Crippen molar-refractivity contribution in [1.82, 2.24) is 5.32 Å². The van der Waals surface area contributed by atoms with Crippen LogP contribution >= 0.6 is 11.8 Å². The quantitative estimate of drug-likeness (QED) is 0.650. The highest BCUT2D eigenvalue weighted by Crippen LogP contribution is 2.36. The summed E-state index contributed by atoms with van der Waals surface area (Å²) < 4.78 is 37.0. The van der Waals surface area contributed by atoms with Gasteiger partial charge in [0.15, 0.2) is 0 Å². The minimum absolute atomic E-state index is 0.0228. The number of amides is 2. The summed E-state index contributed by atoms with van der Waals surface area (Å²) in [5, 5.41) is 5.49. The maximum absolute atomic E-state index is 12.3. The van der Waals surface area contributed by atoms with E-state index in [4.69, 9.17) is 0 Å². The smallest absolute Gasteiger partial charge is 0.348 e. The molecule has 0 aliphatic rings. The third-order valence-electron chi connectivity index (χ3n) is 3.49. The van der Waals surface area contributed by atoms with Gasteiger partial charge in [0.25, 0.3) is 5.91 Å². The fourth-order valence-corrected chi connectivity index (χ4v) is 2.84. The van der Waals surface area contributed by atoms with Gasteiger partial charge < -0.3 is 10.6 Å². The number of hydrogen-bond donors (Lipinski definition) is 2. The van der Waals surface area contributed by atoms with Gasteiger partial charge in [-0.2, -0.15) is 13.2 Å². The Morgan fingerprint density at radius 1 is 1.07 bits per heavy atom. The average molecular weight is 396 g/mol. The lowest BCUT2D eigenvalue weighted by atomic mass is 10.1. The van der Waals surface area contributed by atoms with E-state index in [-0.39, 0.29) is 40.6 Å². The van der Waals surface area contributed by atoms with E-state index in [0.29, 0.717) is 12.1 Å². The molecule has 0 unspecified atom stereocenters. The Labute approximate surface area is 159 Å². The minimum atomic E-state index is -4.36. The standard InChI is InChI=1S/C19H19F3N2O2S/c1-2-4-17(25)24-15-6-3-5-13(11-15)12-23-18(26)14-7-9-16(10-8-14)27-19(20,21)22/h3,5-11H,2,4,12H2,1H3,(H,23,26)(H,24,25). The summed E-state index contributed by atoms with van der Waals surface area (Å²) in [4.78, 5) is 23.8. The van der Waals surface area contributed by atoms with E-state index < -0.39 is 5.51 Å². The van der Waals surface area contributed by atoms with Crippen LogP contribution in [0.5, 0.6) is 0 Å². The molecule has 8 heteroatoms. The molecule has 0 fully saturated rings. The van der Waals surface area contributed by atoms with Crippen LogP contribution in [0.15, 0.2) is 53.4 Å². The molecule has 2 rings (SSSR count). The highest BCUT2D eigenvalue weighted by molar-refractivity contribution is 8.00. The first-order valence-electron chi connectivity index (χ1n) is 8.29. The van der Waals surface area contributed by atoms with Gasteiger partial charge in [0, 0.05) is 29.1 Å². The van der Waals surface area contributed by atoms with Gasteiger partial charge >= 0.3 is 5.51 Å². The van der Waals surface area contributed by atoms with Crippen molar-refractivity contribution in [3.8, 4) is 0 Å². The van der Waals surface area contributed by atoms with Gasteiger partial charge in [-0.1, -0.05) is 19.1 Å². The number of nitrogens with one attached hydrogen (secondary N) is 2. The number of carbonyl (C=O) groups is 2. The molecule has 0 radical (unpaired) electrons. The van der Waals surface area contributed by atoms with Crippen LogP contribution in [0, 0.1) is 0 Å². The molecule has 0 atom stereocenters. The number of thioether (sulfide) groups is 1. The molecule has 0 aliphatic carbocycles. The number of anilines is 1. The molecule has 2 amide bonds. The second kappa shape index (κ2) is 9.45. The van der Waals surface area contributed by atoms with Crippen molar-refractivity contribution in [1.29, 1.82) is 0 Å². The lowest BCUT2D eigenvalue weighted by Crippen LogP contribution is -2.22. The van der Waals surface area contributed by atoms with Crippen LogP contribution in [-0.4, -0.2) is 17.3 Å². The molecule has 0 aliphatic heterocycles. The largest absolute Gasteiger partial charge is 0.446 e. The van der Waals surface area contributed by atoms with E-state index in [1.165, 1.54) is 24.3 Å². The van der Waals surface area contributed by atoms with Crippen molar-refractivity contribution in [2.75, 3.05) is 5.32 Å². The summed E-state index contributed by atoms with van der Waals surface area (Å²) in [6.07, 6.45) is 1.19. The van der Waals surface area contributed by atoms with Crippen molar-refractivity contribution in [2.45, 2.75) is 36.7 Å². The highest BCUT2D eigenvalue weighted by Gasteiger charge is 2.29. The summed E-state index contributed by atoms with van der Waals surface area (Å²) in [5.74, 6) is -0.463. The van der Waals surface area contributed by atoms with Gasteiger partial charge in [0.2, 0.25) is 5.91 Å². The summed E-state index contributed by atoms with van der Waals surface area (Å²) in [7, 11) is 0. The maximum atomic E-state index is 12.3. The molecule has 0 bridgehead atoms. The second-order valence-electron chi connectivity index (χ2n) is 5.75. The van der Waals surface area contributed by atoms with Crippen molar-refractivity contribution >= 4 is 29.3 Å². The van der Waals surface area contributed by atoms with Crippen molar-refractivity contribution in [3.05, 3.63) is 59.7 Å². The average Bonchev–Trinajstić information content (AvgIpc) is 2.59. The Morgan fingerprint density at radius 2 is 1.78 bits per heavy atom. The molecule has 144 valence electrons. The van der Waals surface area contributed by atoms with E-state index >= 15 is 0 Å². The van der Waals surface area contributed by atoms with Gasteiger partial charge in [0.05, 0.1) is 0 Å². The fourth-order valence-electron chi connectivity index (χ4n) is 2.30. The van der Waals surface area contributed by atoms with Crippen LogP contribution in [-0.2, 0) is 11.3 Å². The minimum Gasteiger partial charge on any atom is -0.348 e. The van der Waals surface area contributed by atoms with E-state index in [1.807, 2.05) is 6.92 Å². The van der Waals surface area contributed by atoms with Gasteiger partial charge in [0.1, 0.15) is 0 Å². The third kappa shape index (κ3) is 7.34. The summed E-state index contributed by atoms with van der Waals surface area (Å²) in [6, 6.07) is 12.3. The number of benzene rings is 2. The molecule has 0 spiro atoms. The molecule has 4 nitrogen and oxygen atoms in total. The number of rotatable bonds is 7. The normalized spacial score (nSPS) is 11.1. The Kier molecular flexibility index (Phi) is 7.29. The van der Waals surface area contributed by atoms with Crippen LogP contribution < -0.4 is 10.6 Å². The molecule has 27 heavy (non-hydrogen) atoms.